The molecule has 7 nitrogen and oxygen atoms in total. The molecule has 0 saturated carbocycles. The first-order valence-corrected chi connectivity index (χ1v) is 10.8. The average molecular weight is 564 g/mol. The minimum Gasteiger partial charge on any atom is -0.491 e. The Morgan fingerprint density at radius 3 is 2.52 bits per heavy atom. The second kappa shape index (κ2) is 13.8. The Kier molecular flexibility index (Phi) is 11.2. The fourth-order valence-corrected chi connectivity index (χ4v) is 3.14. The molecule has 0 amide bonds. The number of hydrogen-bond donors (Lipinski definition) is 2. The second-order valence-corrected chi connectivity index (χ2v) is 7.57. The van der Waals surface area contributed by atoms with Crippen molar-refractivity contribution in [3.8, 4) is 17.2 Å². The quantitative estimate of drug-likeness (QED) is 0.163. The zero-order chi connectivity index (χ0) is 22.8. The van der Waals surface area contributed by atoms with Gasteiger partial charge < -0.3 is 24.5 Å². The van der Waals surface area contributed by atoms with Gasteiger partial charge in [0.1, 0.15) is 18.6 Å². The number of methoxy groups -OCH3 is 1. The molecule has 0 saturated heterocycles. The third kappa shape index (κ3) is 8.36. The molecule has 1 heterocycles. The predicted molar refractivity (Wildman–Crippen MR) is 143 cm³/mol. The van der Waals surface area contributed by atoms with Crippen molar-refractivity contribution in [3.63, 3.8) is 0 Å². The van der Waals surface area contributed by atoms with Gasteiger partial charge in [-0.3, -0.25) is 4.99 Å². The third-order valence-corrected chi connectivity index (χ3v) is 4.96. The van der Waals surface area contributed by atoms with Crippen molar-refractivity contribution in [2.75, 3.05) is 33.9 Å². The van der Waals surface area contributed by atoms with Crippen LogP contribution in [0.5, 0.6) is 5.75 Å². The van der Waals surface area contributed by atoms with E-state index in [9.17, 15) is 0 Å². The maximum atomic E-state index is 5.86. The molecule has 0 aliphatic carbocycles. The number of rotatable bonds is 10. The smallest absolute Gasteiger partial charge is 0.226 e. The molecule has 0 aliphatic heterocycles. The van der Waals surface area contributed by atoms with Crippen molar-refractivity contribution in [2.45, 2.75) is 26.8 Å². The van der Waals surface area contributed by atoms with Gasteiger partial charge in [-0.2, -0.15) is 0 Å². The summed E-state index contributed by atoms with van der Waals surface area (Å²) in [5.74, 6) is 2.22. The topological polar surface area (TPSA) is 80.9 Å². The van der Waals surface area contributed by atoms with E-state index in [1.807, 2.05) is 18.2 Å². The van der Waals surface area contributed by atoms with Crippen LogP contribution in [0.2, 0.25) is 0 Å². The number of nitrogens with one attached hydrogen (secondary N) is 2. The van der Waals surface area contributed by atoms with Gasteiger partial charge in [-0.25, -0.2) is 4.98 Å². The molecule has 0 atom stereocenters. The third-order valence-electron chi connectivity index (χ3n) is 4.96. The number of guanidine groups is 1. The largest absolute Gasteiger partial charge is 0.491 e. The highest BCUT2D eigenvalue weighted by Gasteiger charge is 2.08. The van der Waals surface area contributed by atoms with Crippen molar-refractivity contribution >= 4 is 29.9 Å². The summed E-state index contributed by atoms with van der Waals surface area (Å²) in [6, 6.07) is 14.3. The van der Waals surface area contributed by atoms with Crippen LogP contribution in [-0.4, -0.2) is 44.9 Å². The minimum atomic E-state index is 0. The van der Waals surface area contributed by atoms with E-state index in [0.717, 1.165) is 40.5 Å². The minimum absolute atomic E-state index is 0. The van der Waals surface area contributed by atoms with Crippen LogP contribution in [0.1, 0.15) is 22.4 Å². The zero-order valence-corrected chi connectivity index (χ0v) is 22.0. The van der Waals surface area contributed by atoms with Gasteiger partial charge in [-0.05, 0) is 37.6 Å². The standard InChI is InChI=1S/C25H32N4O3.HI/c1-18-5-8-20(9-6-18)24-29-22(17-32-24)11-12-27-25(26-3)28-16-21-10-7-19(2)15-23(21)31-14-13-30-4;/h5-10,15,17H,11-14,16H2,1-4H3,(H2,26,27,28);1H. The Morgan fingerprint density at radius 2 is 1.79 bits per heavy atom. The van der Waals surface area contributed by atoms with E-state index in [-0.39, 0.29) is 24.0 Å². The summed E-state index contributed by atoms with van der Waals surface area (Å²) < 4.78 is 16.6. The first-order chi connectivity index (χ1) is 15.6. The van der Waals surface area contributed by atoms with Crippen molar-refractivity contribution in [3.05, 3.63) is 71.1 Å². The van der Waals surface area contributed by atoms with Crippen LogP contribution in [0.25, 0.3) is 11.5 Å². The fourth-order valence-electron chi connectivity index (χ4n) is 3.14. The van der Waals surface area contributed by atoms with Crippen LogP contribution < -0.4 is 15.4 Å². The van der Waals surface area contributed by atoms with Gasteiger partial charge in [0.25, 0.3) is 0 Å². The van der Waals surface area contributed by atoms with Crippen LogP contribution in [0.4, 0.5) is 0 Å². The van der Waals surface area contributed by atoms with Gasteiger partial charge in [-0.15, -0.1) is 24.0 Å². The lowest BCUT2D eigenvalue weighted by Crippen LogP contribution is -2.38. The summed E-state index contributed by atoms with van der Waals surface area (Å²) in [6.45, 7) is 6.47. The van der Waals surface area contributed by atoms with Crippen molar-refractivity contribution in [1.29, 1.82) is 0 Å². The lowest BCUT2D eigenvalue weighted by molar-refractivity contribution is 0.145. The normalized spacial score (nSPS) is 11.1. The zero-order valence-electron chi connectivity index (χ0n) is 19.7. The van der Waals surface area contributed by atoms with Crippen LogP contribution in [-0.2, 0) is 17.7 Å². The molecule has 178 valence electrons. The van der Waals surface area contributed by atoms with Gasteiger partial charge >= 0.3 is 0 Å². The second-order valence-electron chi connectivity index (χ2n) is 7.57. The highest BCUT2D eigenvalue weighted by atomic mass is 127. The average Bonchev–Trinajstić information content (AvgIpc) is 3.26. The molecular weight excluding hydrogens is 531 g/mol. The molecule has 0 bridgehead atoms. The van der Waals surface area contributed by atoms with Crippen molar-refractivity contribution in [2.24, 2.45) is 4.99 Å². The molecule has 2 N–H and O–H groups in total. The first kappa shape index (κ1) is 26.7. The van der Waals surface area contributed by atoms with Crippen molar-refractivity contribution in [1.82, 2.24) is 15.6 Å². The van der Waals surface area contributed by atoms with Crippen LogP contribution in [0, 0.1) is 13.8 Å². The number of aryl methyl sites for hydroxylation is 2. The van der Waals surface area contributed by atoms with Gasteiger partial charge in [0, 0.05) is 44.8 Å². The SMILES string of the molecule is CN=C(NCCc1coc(-c2ccc(C)cc2)n1)NCc1ccc(C)cc1OCCOC.I. The highest BCUT2D eigenvalue weighted by molar-refractivity contribution is 14.0. The summed E-state index contributed by atoms with van der Waals surface area (Å²) in [6.07, 6.45) is 2.44. The van der Waals surface area contributed by atoms with E-state index in [0.29, 0.717) is 32.2 Å². The number of aliphatic imine (C=N–C) groups is 1. The maximum Gasteiger partial charge on any atom is 0.226 e. The Hall–Kier alpha value is -2.59. The molecule has 0 aliphatic rings. The van der Waals surface area contributed by atoms with Crippen molar-refractivity contribution < 1.29 is 13.9 Å². The van der Waals surface area contributed by atoms with Gasteiger partial charge in [0.2, 0.25) is 5.89 Å². The number of aromatic nitrogens is 1. The van der Waals surface area contributed by atoms with Crippen LogP contribution in [0.15, 0.2) is 58.1 Å². The number of hydrogen-bond acceptors (Lipinski definition) is 5. The Balaban J connectivity index is 0.00000385. The molecule has 1 aromatic heterocycles. The van der Waals surface area contributed by atoms with Gasteiger partial charge in [-0.1, -0.05) is 29.8 Å². The van der Waals surface area contributed by atoms with Crippen LogP contribution >= 0.6 is 24.0 Å². The van der Waals surface area contributed by atoms with E-state index in [1.54, 1.807) is 20.4 Å². The number of ether oxygens (including phenoxy) is 2. The van der Waals surface area contributed by atoms with E-state index in [2.05, 4.69) is 58.7 Å². The van der Waals surface area contributed by atoms with Crippen LogP contribution in [0.3, 0.4) is 0 Å². The lowest BCUT2D eigenvalue weighted by atomic mass is 10.1. The summed E-state index contributed by atoms with van der Waals surface area (Å²) in [5, 5.41) is 6.67. The summed E-state index contributed by atoms with van der Waals surface area (Å²) in [7, 11) is 3.42. The Morgan fingerprint density at radius 1 is 1.03 bits per heavy atom. The van der Waals surface area contributed by atoms with E-state index >= 15 is 0 Å². The number of benzene rings is 2. The van der Waals surface area contributed by atoms with E-state index in [4.69, 9.17) is 13.9 Å². The maximum absolute atomic E-state index is 5.86. The summed E-state index contributed by atoms with van der Waals surface area (Å²) in [5.41, 5.74) is 5.31. The van der Waals surface area contributed by atoms with E-state index in [1.165, 1.54) is 5.56 Å². The summed E-state index contributed by atoms with van der Waals surface area (Å²) in [4.78, 5) is 8.90. The van der Waals surface area contributed by atoms with E-state index < -0.39 is 0 Å². The molecule has 8 heteroatoms. The lowest BCUT2D eigenvalue weighted by Gasteiger charge is -2.15. The molecule has 3 aromatic rings. The molecule has 0 radical (unpaired) electrons. The number of nitrogens with zero attached hydrogens (tertiary/aromatic N) is 2. The Labute approximate surface area is 213 Å². The van der Waals surface area contributed by atoms with Gasteiger partial charge in [0.15, 0.2) is 5.96 Å². The summed E-state index contributed by atoms with van der Waals surface area (Å²) >= 11 is 0. The molecule has 33 heavy (non-hydrogen) atoms. The number of oxazole rings is 1. The monoisotopic (exact) mass is 564 g/mol. The molecular formula is C25H33IN4O3. The molecule has 0 fully saturated rings. The molecule has 3 rings (SSSR count). The molecule has 2 aromatic carbocycles. The molecule has 0 unspecified atom stereocenters. The van der Waals surface area contributed by atoms with Gasteiger partial charge in [0.05, 0.1) is 12.3 Å². The fraction of sp³-hybridized carbons (Fsp3) is 0.360. The Bertz CT molecular complexity index is 1020. The highest BCUT2D eigenvalue weighted by Crippen LogP contribution is 2.21. The predicted octanol–water partition coefficient (Wildman–Crippen LogP) is 4.51. The first-order valence-electron chi connectivity index (χ1n) is 10.8. The molecule has 0 spiro atoms. The number of halogens is 1.